The van der Waals surface area contributed by atoms with Crippen molar-refractivity contribution in [1.29, 1.82) is 0 Å². The summed E-state index contributed by atoms with van der Waals surface area (Å²) < 4.78 is 12.1. The Labute approximate surface area is 207 Å². The molecule has 1 aliphatic heterocycles. The number of hydrogen-bond donors (Lipinski definition) is 1. The molecular formula is C26H27BrN2O5. The Hall–Kier alpha value is -3.13. The van der Waals surface area contributed by atoms with Crippen LogP contribution >= 0.6 is 15.9 Å². The van der Waals surface area contributed by atoms with Gasteiger partial charge in [0.15, 0.2) is 11.5 Å². The SMILES string of the molecule is COc1cc(C=C2C(=O)NC(=O)N(C3CCCCC3)C2=O)cc(Br)c1OCc1cccc(C)c1. The van der Waals surface area contributed by atoms with E-state index in [1.807, 2.05) is 31.2 Å². The molecule has 178 valence electrons. The molecule has 1 aliphatic carbocycles. The number of barbiturate groups is 1. The van der Waals surface area contributed by atoms with Gasteiger partial charge in [0.2, 0.25) is 0 Å². The quantitative estimate of drug-likeness (QED) is 0.416. The molecule has 4 amide bonds. The number of urea groups is 1. The Bertz CT molecular complexity index is 1150. The lowest BCUT2D eigenvalue weighted by atomic mass is 9.93. The third-order valence-electron chi connectivity index (χ3n) is 6.10. The van der Waals surface area contributed by atoms with Gasteiger partial charge >= 0.3 is 6.03 Å². The van der Waals surface area contributed by atoms with Crippen LogP contribution < -0.4 is 14.8 Å². The van der Waals surface area contributed by atoms with Crippen molar-refractivity contribution < 1.29 is 23.9 Å². The summed E-state index contributed by atoms with van der Waals surface area (Å²) >= 11 is 3.52. The van der Waals surface area contributed by atoms with Gasteiger partial charge in [0.1, 0.15) is 12.2 Å². The average molecular weight is 527 g/mol. The molecule has 0 aromatic heterocycles. The van der Waals surface area contributed by atoms with E-state index in [0.717, 1.165) is 43.2 Å². The Morgan fingerprint density at radius 1 is 1.12 bits per heavy atom. The number of aryl methyl sites for hydroxylation is 1. The van der Waals surface area contributed by atoms with Gasteiger partial charge < -0.3 is 9.47 Å². The topological polar surface area (TPSA) is 84.9 Å². The van der Waals surface area contributed by atoms with Crippen LogP contribution in [0.15, 0.2) is 46.4 Å². The minimum Gasteiger partial charge on any atom is -0.493 e. The highest BCUT2D eigenvalue weighted by Gasteiger charge is 2.40. The second-order valence-electron chi connectivity index (χ2n) is 8.60. The smallest absolute Gasteiger partial charge is 0.331 e. The summed E-state index contributed by atoms with van der Waals surface area (Å²) in [4.78, 5) is 39.3. The van der Waals surface area contributed by atoms with Crippen molar-refractivity contribution >= 4 is 39.9 Å². The van der Waals surface area contributed by atoms with Crippen molar-refractivity contribution in [3.8, 4) is 11.5 Å². The van der Waals surface area contributed by atoms with Gasteiger partial charge in [-0.15, -0.1) is 0 Å². The summed E-state index contributed by atoms with van der Waals surface area (Å²) in [7, 11) is 1.53. The number of benzene rings is 2. The molecule has 1 saturated heterocycles. The number of halogens is 1. The number of carbonyl (C=O) groups is 3. The zero-order valence-electron chi connectivity index (χ0n) is 19.2. The molecule has 7 nitrogen and oxygen atoms in total. The number of carbonyl (C=O) groups excluding carboxylic acids is 3. The van der Waals surface area contributed by atoms with E-state index in [9.17, 15) is 14.4 Å². The minimum absolute atomic E-state index is 0.0763. The number of nitrogens with one attached hydrogen (secondary N) is 1. The normalized spacial score (nSPS) is 18.3. The van der Waals surface area contributed by atoms with Crippen LogP contribution in [0.2, 0.25) is 0 Å². The molecule has 8 heteroatoms. The first-order valence-corrected chi connectivity index (χ1v) is 12.1. The molecule has 1 saturated carbocycles. The van der Waals surface area contributed by atoms with E-state index in [1.54, 1.807) is 12.1 Å². The van der Waals surface area contributed by atoms with Gasteiger partial charge in [-0.1, -0.05) is 49.1 Å². The van der Waals surface area contributed by atoms with E-state index in [2.05, 4.69) is 21.2 Å². The molecule has 0 spiro atoms. The van der Waals surface area contributed by atoms with Crippen LogP contribution in [0.25, 0.3) is 6.08 Å². The van der Waals surface area contributed by atoms with Crippen LogP contribution in [0.5, 0.6) is 11.5 Å². The predicted octanol–water partition coefficient (Wildman–Crippen LogP) is 5.14. The highest BCUT2D eigenvalue weighted by Crippen LogP contribution is 2.38. The van der Waals surface area contributed by atoms with Gasteiger partial charge in [0.05, 0.1) is 11.6 Å². The average Bonchev–Trinajstić information content (AvgIpc) is 2.81. The van der Waals surface area contributed by atoms with Crippen LogP contribution in [0, 0.1) is 6.92 Å². The van der Waals surface area contributed by atoms with Crippen molar-refractivity contribution in [2.75, 3.05) is 7.11 Å². The number of amides is 4. The summed E-state index contributed by atoms with van der Waals surface area (Å²) in [6.45, 7) is 2.38. The first-order chi connectivity index (χ1) is 16.4. The molecule has 0 unspecified atom stereocenters. The van der Waals surface area contributed by atoms with E-state index in [1.165, 1.54) is 18.1 Å². The highest BCUT2D eigenvalue weighted by molar-refractivity contribution is 9.10. The van der Waals surface area contributed by atoms with E-state index in [-0.39, 0.29) is 11.6 Å². The standard InChI is InChI=1S/C26H27BrN2O5/c1-16-7-6-8-17(11-16)15-34-23-21(27)13-18(14-22(23)33-2)12-20-24(30)28-26(32)29(25(20)31)19-9-4-3-5-10-19/h6-8,11-14,19H,3-5,9-10,15H2,1-2H3,(H,28,30,32). The number of methoxy groups -OCH3 is 1. The van der Waals surface area contributed by atoms with Crippen LogP contribution in [-0.2, 0) is 16.2 Å². The summed E-state index contributed by atoms with van der Waals surface area (Å²) in [5.41, 5.74) is 2.66. The van der Waals surface area contributed by atoms with Gasteiger partial charge in [0, 0.05) is 6.04 Å². The third kappa shape index (κ3) is 5.17. The van der Waals surface area contributed by atoms with Crippen LogP contribution in [-0.4, -0.2) is 35.9 Å². The lowest BCUT2D eigenvalue weighted by Gasteiger charge is -2.35. The van der Waals surface area contributed by atoms with Crippen molar-refractivity contribution in [1.82, 2.24) is 10.2 Å². The summed E-state index contributed by atoms with van der Waals surface area (Å²) in [5.74, 6) is -0.283. The molecule has 2 fully saturated rings. The molecule has 2 aromatic rings. The van der Waals surface area contributed by atoms with Gasteiger partial charge in [-0.25, -0.2) is 4.79 Å². The molecule has 2 aromatic carbocycles. The lowest BCUT2D eigenvalue weighted by molar-refractivity contribution is -0.132. The van der Waals surface area contributed by atoms with Crippen LogP contribution in [0.4, 0.5) is 4.79 Å². The summed E-state index contributed by atoms with van der Waals surface area (Å²) in [6, 6.07) is 10.7. The summed E-state index contributed by atoms with van der Waals surface area (Å²) in [6.07, 6.45) is 6.01. The maximum absolute atomic E-state index is 13.2. The fraction of sp³-hybridized carbons (Fsp3) is 0.346. The molecule has 0 bridgehead atoms. The van der Waals surface area contributed by atoms with Crippen molar-refractivity contribution in [3.63, 3.8) is 0 Å². The molecule has 34 heavy (non-hydrogen) atoms. The Kier molecular flexibility index (Phi) is 7.36. The predicted molar refractivity (Wildman–Crippen MR) is 131 cm³/mol. The fourth-order valence-electron chi connectivity index (χ4n) is 4.43. The number of imide groups is 2. The van der Waals surface area contributed by atoms with Crippen molar-refractivity contribution in [2.45, 2.75) is 51.7 Å². The van der Waals surface area contributed by atoms with E-state index in [0.29, 0.717) is 28.1 Å². The van der Waals surface area contributed by atoms with Gasteiger partial charge in [-0.3, -0.25) is 19.8 Å². The lowest BCUT2D eigenvalue weighted by Crippen LogP contribution is -2.58. The highest BCUT2D eigenvalue weighted by atomic mass is 79.9. The Morgan fingerprint density at radius 3 is 2.59 bits per heavy atom. The van der Waals surface area contributed by atoms with Gasteiger partial charge in [0.25, 0.3) is 11.8 Å². The van der Waals surface area contributed by atoms with E-state index >= 15 is 0 Å². The van der Waals surface area contributed by atoms with Crippen LogP contribution in [0.1, 0.15) is 48.8 Å². The molecular weight excluding hydrogens is 500 g/mol. The summed E-state index contributed by atoms with van der Waals surface area (Å²) in [5, 5.41) is 2.32. The molecule has 0 radical (unpaired) electrons. The maximum atomic E-state index is 13.2. The van der Waals surface area contributed by atoms with E-state index in [4.69, 9.17) is 9.47 Å². The van der Waals surface area contributed by atoms with Crippen molar-refractivity contribution in [3.05, 3.63) is 63.1 Å². The number of hydrogen-bond acceptors (Lipinski definition) is 5. The number of rotatable bonds is 6. The molecule has 1 N–H and O–H groups in total. The molecule has 2 aliphatic rings. The van der Waals surface area contributed by atoms with Gasteiger partial charge in [-0.05, 0) is 65.0 Å². The zero-order chi connectivity index (χ0) is 24.2. The number of ether oxygens (including phenoxy) is 2. The zero-order valence-corrected chi connectivity index (χ0v) is 20.8. The van der Waals surface area contributed by atoms with Crippen molar-refractivity contribution in [2.24, 2.45) is 0 Å². The second-order valence-corrected chi connectivity index (χ2v) is 9.45. The largest absolute Gasteiger partial charge is 0.493 e. The first-order valence-electron chi connectivity index (χ1n) is 11.3. The number of nitrogens with zero attached hydrogens (tertiary/aromatic N) is 1. The molecule has 1 heterocycles. The first kappa shape index (κ1) is 24.0. The Balaban J connectivity index is 1.59. The van der Waals surface area contributed by atoms with Gasteiger partial charge in [-0.2, -0.15) is 0 Å². The van der Waals surface area contributed by atoms with Crippen LogP contribution in [0.3, 0.4) is 0 Å². The maximum Gasteiger partial charge on any atom is 0.331 e. The molecule has 0 atom stereocenters. The fourth-order valence-corrected chi connectivity index (χ4v) is 5.00. The second kappa shape index (κ2) is 10.4. The third-order valence-corrected chi connectivity index (χ3v) is 6.69. The minimum atomic E-state index is -0.697. The Morgan fingerprint density at radius 2 is 1.88 bits per heavy atom. The monoisotopic (exact) mass is 526 g/mol. The molecule has 4 rings (SSSR count). The van der Waals surface area contributed by atoms with E-state index < -0.39 is 17.8 Å².